The van der Waals surface area contributed by atoms with Gasteiger partial charge in [-0.15, -0.1) is 0 Å². The molecule has 2 aromatic heterocycles. The fourth-order valence-corrected chi connectivity index (χ4v) is 13.7. The molecule has 0 radical (unpaired) electrons. The van der Waals surface area contributed by atoms with E-state index in [0.717, 1.165) is 68.2 Å². The molecule has 26 nitrogen and oxygen atoms in total. The monoisotopic (exact) mass is 1100 g/mol. The quantitative estimate of drug-likeness (QED) is 0.0213. The van der Waals surface area contributed by atoms with Crippen LogP contribution in [-0.2, 0) is 52.9 Å². The van der Waals surface area contributed by atoms with E-state index in [9.17, 15) is 46.4 Å². The molecule has 3 unspecified atom stereocenters. The lowest BCUT2D eigenvalue weighted by Gasteiger charge is -2.48. The van der Waals surface area contributed by atoms with E-state index in [1.54, 1.807) is 0 Å². The van der Waals surface area contributed by atoms with Crippen LogP contribution in [0, 0.1) is 0 Å². The highest BCUT2D eigenvalue weighted by Gasteiger charge is 2.44. The van der Waals surface area contributed by atoms with Gasteiger partial charge < -0.3 is 54.2 Å². The molecule has 0 saturated carbocycles. The molecule has 4 aliphatic rings. The number of unbranched alkanes of at least 4 members (excludes halogenated alkanes) is 3. The largest absolute Gasteiger partial charge is 0.748 e. The van der Waals surface area contributed by atoms with Crippen LogP contribution in [0.3, 0.4) is 0 Å². The van der Waals surface area contributed by atoms with Gasteiger partial charge in [-0.3, -0.25) is 13.9 Å². The molecule has 6 atom stereocenters. The number of imidazole rings is 1. The first-order valence-electron chi connectivity index (χ1n) is 23.9. The number of aliphatic hydroxyl groups excluding tert-OH is 1. The van der Waals surface area contributed by atoms with Gasteiger partial charge in [0.1, 0.15) is 42.8 Å². The number of anilines is 2. The summed E-state index contributed by atoms with van der Waals surface area (Å²) in [5, 5.41) is 18.7. The van der Waals surface area contributed by atoms with Gasteiger partial charge in [0.25, 0.3) is 0 Å². The summed E-state index contributed by atoms with van der Waals surface area (Å²) in [7, 11) is -21.3. The highest BCUT2D eigenvalue weighted by molar-refractivity contribution is 7.85. The van der Waals surface area contributed by atoms with E-state index in [2.05, 4.69) is 67.3 Å². The minimum atomic E-state index is -5.72. The van der Waals surface area contributed by atoms with Gasteiger partial charge in [0, 0.05) is 73.4 Å². The number of rotatable bonds is 23. The Morgan fingerprint density at radius 2 is 1.75 bits per heavy atom. The molecule has 0 aliphatic carbocycles. The Kier molecular flexibility index (Phi) is 16.6. The molecular formula is C43H60N9O17P3S. The van der Waals surface area contributed by atoms with Gasteiger partial charge in [0.05, 0.1) is 35.2 Å². The average molecular weight is 1100 g/mol. The number of aryl methyl sites for hydroxylation is 1. The number of phosphoric ester groups is 1. The molecular weight excluding hydrogens is 1040 g/mol. The smallest absolute Gasteiger partial charge is 0.490 e. The second-order valence-corrected chi connectivity index (χ2v) is 24.8. The lowest BCUT2D eigenvalue weighted by molar-refractivity contribution is -0.121. The molecule has 1 saturated heterocycles. The highest BCUT2D eigenvalue weighted by atomic mass is 32.2. The summed E-state index contributed by atoms with van der Waals surface area (Å²) < 4.78 is 99.3. The number of nitrogens with zero attached hydrogens (tertiary/aromatic N) is 7. The Hall–Kier alpha value is -4.30. The van der Waals surface area contributed by atoms with Crippen LogP contribution in [0.5, 0.6) is 11.5 Å². The second-order valence-electron chi connectivity index (χ2n) is 19.0. The fourth-order valence-electron chi connectivity index (χ4n) is 9.92. The van der Waals surface area contributed by atoms with Crippen molar-refractivity contribution in [2.45, 2.75) is 115 Å². The van der Waals surface area contributed by atoms with Gasteiger partial charge in [0.15, 0.2) is 28.5 Å². The van der Waals surface area contributed by atoms with Gasteiger partial charge in [-0.05, 0) is 70.6 Å². The molecule has 7 N–H and O–H groups in total. The van der Waals surface area contributed by atoms with E-state index >= 15 is 0 Å². The number of ether oxygens (including phenoxy) is 2. The maximum atomic E-state index is 13.0. The zero-order valence-corrected chi connectivity index (χ0v) is 43.8. The molecule has 2 aromatic carbocycles. The normalized spacial score (nSPS) is 22.0. The van der Waals surface area contributed by atoms with E-state index in [4.69, 9.17) is 24.3 Å². The third-order valence-corrected chi connectivity index (χ3v) is 17.7. The Bertz CT molecular complexity index is 3120. The summed E-state index contributed by atoms with van der Waals surface area (Å²) in [6.07, 6.45) is 5.79. The van der Waals surface area contributed by atoms with Crippen molar-refractivity contribution in [3.63, 3.8) is 0 Å². The van der Waals surface area contributed by atoms with Crippen LogP contribution in [0.1, 0.15) is 102 Å². The topological polar surface area (TPSA) is 359 Å². The van der Waals surface area contributed by atoms with Crippen LogP contribution in [0.15, 0.2) is 41.9 Å². The van der Waals surface area contributed by atoms with Crippen LogP contribution < -0.4 is 35.6 Å². The molecule has 73 heavy (non-hydrogen) atoms. The zero-order valence-electron chi connectivity index (χ0n) is 40.3. The van der Waals surface area contributed by atoms with Crippen molar-refractivity contribution in [2.75, 3.05) is 55.3 Å². The van der Waals surface area contributed by atoms with Crippen molar-refractivity contribution in [2.24, 2.45) is 4.99 Å². The molecule has 4 aliphatic heterocycles. The van der Waals surface area contributed by atoms with E-state index in [-0.39, 0.29) is 18.7 Å². The minimum Gasteiger partial charge on any atom is -0.748 e. The summed E-state index contributed by atoms with van der Waals surface area (Å²) in [6, 6.07) is 7.89. The third kappa shape index (κ3) is 13.8. The number of aliphatic hydroxyl groups is 1. The van der Waals surface area contributed by atoms with Crippen molar-refractivity contribution in [1.82, 2.24) is 29.4 Å². The Labute approximate surface area is 420 Å². The van der Waals surface area contributed by atoms with Gasteiger partial charge in [0.2, 0.25) is 11.3 Å². The van der Waals surface area contributed by atoms with Crippen LogP contribution in [0.4, 0.5) is 17.2 Å². The number of aromatic nitrogens is 4. The number of nitrogens with one attached hydrogen (secondary N) is 2. The van der Waals surface area contributed by atoms with Gasteiger partial charge in [-0.25, -0.2) is 46.6 Å². The van der Waals surface area contributed by atoms with Crippen LogP contribution in [0.2, 0.25) is 0 Å². The summed E-state index contributed by atoms with van der Waals surface area (Å²) in [5.74, 6) is 0.483. The molecule has 1 amide bonds. The van der Waals surface area contributed by atoms with Crippen molar-refractivity contribution in [3.8, 4) is 11.5 Å². The first-order chi connectivity index (χ1) is 34.4. The number of phosphoric acid groups is 3. The maximum absolute atomic E-state index is 13.0. The van der Waals surface area contributed by atoms with Crippen molar-refractivity contribution in [3.05, 3.63) is 58.8 Å². The fraction of sp³-hybridized carbons (Fsp3) is 0.581. The minimum absolute atomic E-state index is 0.0388. The summed E-state index contributed by atoms with van der Waals surface area (Å²) in [6.45, 7) is 8.75. The molecule has 0 bridgehead atoms. The van der Waals surface area contributed by atoms with E-state index < -0.39 is 75.8 Å². The second kappa shape index (κ2) is 22.1. The first kappa shape index (κ1) is 54.9. The summed E-state index contributed by atoms with van der Waals surface area (Å²) in [5.41, 5.74) is 3.49. The highest BCUT2D eigenvalue weighted by Crippen LogP contribution is 2.66. The molecule has 1 fully saturated rings. The molecule has 4 aromatic rings. The van der Waals surface area contributed by atoms with Crippen LogP contribution in [0.25, 0.3) is 11.2 Å². The number of carbonyl (C=O) groups excluding carboxylic acids is 1. The zero-order chi connectivity index (χ0) is 52.5. The van der Waals surface area contributed by atoms with E-state index in [1.807, 2.05) is 26.0 Å². The van der Waals surface area contributed by atoms with Gasteiger partial charge >= 0.3 is 23.5 Å². The SMILES string of the molecule is CC[N+]1=c2cc3c(cc2CCC1)=Nc1cc2c(cc1O3)N(CCCC(=O)NCCCCCCNc1ncnc3c1ncn3[C@H]1C[C@H](O)[C@@H](COP(=O)(O)OP(=O)(O)OP(=O)(O)O)O1)C(C)(C)CC2CS(=O)(=O)[O-]. The number of benzene rings is 2. The molecule has 6 heterocycles. The first-order valence-corrected chi connectivity index (χ1v) is 30.0. The van der Waals surface area contributed by atoms with Crippen molar-refractivity contribution in [1.29, 1.82) is 0 Å². The third-order valence-electron chi connectivity index (χ3n) is 13.1. The Morgan fingerprint density at radius 1 is 0.986 bits per heavy atom. The lowest BCUT2D eigenvalue weighted by Crippen LogP contribution is -2.50. The number of carbonyl (C=O) groups is 1. The van der Waals surface area contributed by atoms with Crippen molar-refractivity contribution < 1.29 is 78.8 Å². The molecule has 400 valence electrons. The molecule has 30 heteroatoms. The lowest BCUT2D eigenvalue weighted by atomic mass is 9.79. The number of hydrogen-bond donors (Lipinski definition) is 7. The van der Waals surface area contributed by atoms with E-state index in [1.165, 1.54) is 22.8 Å². The average Bonchev–Trinajstić information content (AvgIpc) is 3.89. The maximum Gasteiger partial charge on any atom is 0.490 e. The van der Waals surface area contributed by atoms with Crippen LogP contribution >= 0.6 is 23.5 Å². The number of fused-ring (bicyclic) bond motifs is 5. The molecule has 8 rings (SSSR count). The predicted molar refractivity (Wildman–Crippen MR) is 261 cm³/mol. The standard InChI is InChI=1S/C43H60N9O17P3S/c1-4-50-15-9-11-27-17-30-35(19-32(27)50)66-36-20-33-29(18-31(36)49-30)28(24-73(62,63)64)22-43(2,3)52(33)16-10-12-38(54)44-13-7-5-6-8-14-45-41-40-42(47-25-46-41)51(26-48-40)39-21-34(53)37(67-39)23-65-71(58,59)69-72(60,61)68-70(55,56)57/h17-20,25-26,28,34,37,39,53H,4-16,21-24H2,1-3H3,(H6-,44,45,46,47,54,55,56,57,58,59,60,61,62,63,64)/t28?,34-,37+,39+/m0/s1. The Morgan fingerprint density at radius 3 is 2.49 bits per heavy atom. The number of hydrogen-bond acceptors (Lipinski definition) is 19. The van der Waals surface area contributed by atoms with Gasteiger partial charge in [-0.2, -0.15) is 8.62 Å². The van der Waals surface area contributed by atoms with Gasteiger partial charge in [-0.1, -0.05) is 12.8 Å². The Balaban J connectivity index is 0.783. The van der Waals surface area contributed by atoms with Crippen LogP contribution in [-0.4, -0.2) is 126 Å². The summed E-state index contributed by atoms with van der Waals surface area (Å²) in [4.78, 5) is 69.8. The summed E-state index contributed by atoms with van der Waals surface area (Å²) >= 11 is 0. The van der Waals surface area contributed by atoms with E-state index in [0.29, 0.717) is 72.0 Å². The predicted octanol–water partition coefficient (Wildman–Crippen LogP) is 3.52. The molecule has 0 spiro atoms. The number of amides is 1. The van der Waals surface area contributed by atoms with Crippen molar-refractivity contribution >= 4 is 67.8 Å².